The first kappa shape index (κ1) is 14.8. The third-order valence-electron chi connectivity index (χ3n) is 3.49. The van der Waals surface area contributed by atoms with Crippen molar-refractivity contribution in [2.45, 2.75) is 38.9 Å². The molecule has 1 aliphatic heterocycles. The van der Waals surface area contributed by atoms with Crippen LogP contribution in [0.15, 0.2) is 18.2 Å². The number of piperazine rings is 1. The molecular weight excluding hydrogens is 283 g/mol. The number of carbonyl (C=O) groups is 2. The van der Waals surface area contributed by atoms with Crippen LogP contribution < -0.4 is 5.32 Å². The van der Waals surface area contributed by atoms with Gasteiger partial charge in [-0.15, -0.1) is 0 Å². The molecule has 108 valence electrons. The Labute approximate surface area is 121 Å². The summed E-state index contributed by atoms with van der Waals surface area (Å²) in [5.41, 5.74) is 0.608. The van der Waals surface area contributed by atoms with E-state index in [-0.39, 0.29) is 23.4 Å². The Morgan fingerprint density at radius 1 is 1.40 bits per heavy atom. The average Bonchev–Trinajstić information content (AvgIpc) is 2.42. The molecule has 1 N–H and O–H groups in total. The van der Waals surface area contributed by atoms with E-state index in [0.717, 1.165) is 0 Å². The lowest BCUT2D eigenvalue weighted by Crippen LogP contribution is -2.61. The van der Waals surface area contributed by atoms with Crippen molar-refractivity contribution in [3.8, 4) is 0 Å². The molecule has 4 nitrogen and oxygen atoms in total. The molecule has 0 spiro atoms. The van der Waals surface area contributed by atoms with Crippen molar-refractivity contribution in [2.24, 2.45) is 0 Å². The van der Waals surface area contributed by atoms with E-state index in [2.05, 4.69) is 5.32 Å². The number of nitrogens with zero attached hydrogens (tertiary/aromatic N) is 1. The standard InChI is InChI=1S/C14H16ClFN2O2/c1-3-12-14(20)18(8(2)13(19)17-12)7-9-4-5-10(15)11(16)6-9/h4-6,8,12H,3,7H2,1-2H3,(H,17,19). The first-order valence-electron chi connectivity index (χ1n) is 6.48. The summed E-state index contributed by atoms with van der Waals surface area (Å²) in [5.74, 6) is -0.862. The molecule has 20 heavy (non-hydrogen) atoms. The number of hydrogen-bond acceptors (Lipinski definition) is 2. The zero-order valence-corrected chi connectivity index (χ0v) is 12.1. The van der Waals surface area contributed by atoms with Crippen molar-refractivity contribution in [1.82, 2.24) is 10.2 Å². The van der Waals surface area contributed by atoms with Gasteiger partial charge in [0.2, 0.25) is 11.8 Å². The highest BCUT2D eigenvalue weighted by Gasteiger charge is 2.36. The first-order chi connectivity index (χ1) is 9.43. The maximum atomic E-state index is 13.4. The monoisotopic (exact) mass is 298 g/mol. The largest absolute Gasteiger partial charge is 0.343 e. The minimum Gasteiger partial charge on any atom is -0.343 e. The Morgan fingerprint density at radius 2 is 2.10 bits per heavy atom. The predicted octanol–water partition coefficient (Wildman–Crippen LogP) is 2.10. The van der Waals surface area contributed by atoms with Crippen LogP contribution in [0.25, 0.3) is 0 Å². The minimum absolute atomic E-state index is 0.0379. The normalized spacial score (nSPS) is 22.9. The molecule has 1 aromatic rings. The van der Waals surface area contributed by atoms with Crippen molar-refractivity contribution in [3.63, 3.8) is 0 Å². The fourth-order valence-electron chi connectivity index (χ4n) is 2.21. The van der Waals surface area contributed by atoms with E-state index in [1.54, 1.807) is 13.0 Å². The summed E-state index contributed by atoms with van der Waals surface area (Å²) < 4.78 is 13.4. The smallest absolute Gasteiger partial charge is 0.246 e. The highest BCUT2D eigenvalue weighted by molar-refractivity contribution is 6.30. The molecule has 2 unspecified atom stereocenters. The van der Waals surface area contributed by atoms with Gasteiger partial charge in [0.25, 0.3) is 0 Å². The average molecular weight is 299 g/mol. The van der Waals surface area contributed by atoms with Gasteiger partial charge >= 0.3 is 0 Å². The molecule has 1 aliphatic rings. The van der Waals surface area contributed by atoms with Gasteiger partial charge in [-0.2, -0.15) is 0 Å². The summed E-state index contributed by atoms with van der Waals surface area (Å²) in [6.07, 6.45) is 0.531. The van der Waals surface area contributed by atoms with Gasteiger partial charge in [0, 0.05) is 6.54 Å². The second kappa shape index (κ2) is 5.79. The quantitative estimate of drug-likeness (QED) is 0.929. The third kappa shape index (κ3) is 2.77. The molecule has 0 saturated carbocycles. The predicted molar refractivity (Wildman–Crippen MR) is 73.6 cm³/mol. The van der Waals surface area contributed by atoms with E-state index in [1.165, 1.54) is 17.0 Å². The van der Waals surface area contributed by atoms with Crippen molar-refractivity contribution >= 4 is 23.4 Å². The Kier molecular flexibility index (Phi) is 4.28. The van der Waals surface area contributed by atoms with Crippen molar-refractivity contribution in [2.75, 3.05) is 0 Å². The van der Waals surface area contributed by atoms with Gasteiger partial charge < -0.3 is 10.2 Å². The highest BCUT2D eigenvalue weighted by Crippen LogP contribution is 2.20. The summed E-state index contributed by atoms with van der Waals surface area (Å²) in [5, 5.41) is 2.71. The molecule has 0 aromatic heterocycles. The van der Waals surface area contributed by atoms with Gasteiger partial charge in [-0.3, -0.25) is 9.59 Å². The van der Waals surface area contributed by atoms with Crippen LogP contribution in [0, 0.1) is 5.82 Å². The van der Waals surface area contributed by atoms with Crippen LogP contribution >= 0.6 is 11.6 Å². The van der Waals surface area contributed by atoms with Gasteiger partial charge in [0.15, 0.2) is 0 Å². The number of hydrogen-bond donors (Lipinski definition) is 1. The van der Waals surface area contributed by atoms with Crippen LogP contribution in [0.2, 0.25) is 5.02 Å². The summed E-state index contributed by atoms with van der Waals surface area (Å²) in [6.45, 7) is 3.68. The Balaban J connectivity index is 2.22. The lowest BCUT2D eigenvalue weighted by molar-refractivity contribution is -0.149. The maximum Gasteiger partial charge on any atom is 0.246 e. The fourth-order valence-corrected chi connectivity index (χ4v) is 2.33. The second-order valence-electron chi connectivity index (χ2n) is 4.86. The van der Waals surface area contributed by atoms with E-state index in [1.807, 2.05) is 6.92 Å². The molecule has 0 bridgehead atoms. The van der Waals surface area contributed by atoms with E-state index < -0.39 is 17.9 Å². The maximum absolute atomic E-state index is 13.4. The second-order valence-corrected chi connectivity index (χ2v) is 5.27. The zero-order chi connectivity index (χ0) is 14.9. The molecular formula is C14H16ClFN2O2. The molecule has 0 radical (unpaired) electrons. The SMILES string of the molecule is CCC1NC(=O)C(C)N(Cc2ccc(Cl)c(F)c2)C1=O. The molecule has 1 saturated heterocycles. The van der Waals surface area contributed by atoms with E-state index >= 15 is 0 Å². The number of benzene rings is 1. The van der Waals surface area contributed by atoms with Gasteiger partial charge in [-0.05, 0) is 31.0 Å². The van der Waals surface area contributed by atoms with E-state index in [4.69, 9.17) is 11.6 Å². The van der Waals surface area contributed by atoms with Gasteiger partial charge in [-0.1, -0.05) is 24.6 Å². The van der Waals surface area contributed by atoms with Crippen molar-refractivity contribution in [1.29, 1.82) is 0 Å². The minimum atomic E-state index is -0.566. The molecule has 1 fully saturated rings. The van der Waals surface area contributed by atoms with Crippen LogP contribution in [0.1, 0.15) is 25.8 Å². The molecule has 2 atom stereocenters. The number of amides is 2. The molecule has 2 rings (SSSR count). The van der Waals surface area contributed by atoms with Crippen LogP contribution in [-0.4, -0.2) is 28.8 Å². The van der Waals surface area contributed by atoms with Crippen LogP contribution in [0.5, 0.6) is 0 Å². The summed E-state index contributed by atoms with van der Waals surface area (Å²) >= 11 is 5.63. The highest BCUT2D eigenvalue weighted by atomic mass is 35.5. The molecule has 1 aromatic carbocycles. The van der Waals surface area contributed by atoms with Crippen LogP contribution in [-0.2, 0) is 16.1 Å². The molecule has 0 aliphatic carbocycles. The number of halogens is 2. The Bertz CT molecular complexity index is 550. The van der Waals surface area contributed by atoms with Gasteiger partial charge in [-0.25, -0.2) is 4.39 Å². The Morgan fingerprint density at radius 3 is 2.70 bits per heavy atom. The van der Waals surface area contributed by atoms with Crippen molar-refractivity contribution < 1.29 is 14.0 Å². The molecule has 2 amide bonds. The summed E-state index contributed by atoms with van der Waals surface area (Å²) in [4.78, 5) is 25.6. The number of nitrogens with one attached hydrogen (secondary N) is 1. The summed E-state index contributed by atoms with van der Waals surface area (Å²) in [7, 11) is 0. The number of carbonyl (C=O) groups excluding carboxylic acids is 2. The van der Waals surface area contributed by atoms with Crippen LogP contribution in [0.4, 0.5) is 4.39 Å². The first-order valence-corrected chi connectivity index (χ1v) is 6.86. The number of rotatable bonds is 3. The molecule has 1 heterocycles. The van der Waals surface area contributed by atoms with Crippen molar-refractivity contribution in [3.05, 3.63) is 34.6 Å². The summed E-state index contributed by atoms with van der Waals surface area (Å²) in [6, 6.07) is 3.32. The molecule has 6 heteroatoms. The van der Waals surface area contributed by atoms with E-state index in [9.17, 15) is 14.0 Å². The van der Waals surface area contributed by atoms with E-state index in [0.29, 0.717) is 12.0 Å². The Hall–Kier alpha value is -1.62. The topological polar surface area (TPSA) is 49.4 Å². The van der Waals surface area contributed by atoms with Crippen LogP contribution in [0.3, 0.4) is 0 Å². The zero-order valence-electron chi connectivity index (χ0n) is 11.3. The van der Waals surface area contributed by atoms with Gasteiger partial charge in [0.1, 0.15) is 17.9 Å². The van der Waals surface area contributed by atoms with Gasteiger partial charge in [0.05, 0.1) is 5.02 Å². The third-order valence-corrected chi connectivity index (χ3v) is 3.80. The lowest BCUT2D eigenvalue weighted by atomic mass is 10.0. The lowest BCUT2D eigenvalue weighted by Gasteiger charge is -2.37. The fraction of sp³-hybridized carbons (Fsp3) is 0.429.